The molecule has 30 heavy (non-hydrogen) atoms. The van der Waals surface area contributed by atoms with E-state index in [0.717, 1.165) is 33.1 Å². The van der Waals surface area contributed by atoms with E-state index in [1.54, 1.807) is 20.2 Å². The van der Waals surface area contributed by atoms with E-state index in [4.69, 9.17) is 18.9 Å². The van der Waals surface area contributed by atoms with Crippen molar-refractivity contribution in [2.45, 2.75) is 20.1 Å². The van der Waals surface area contributed by atoms with E-state index >= 15 is 0 Å². The fourth-order valence-electron chi connectivity index (χ4n) is 3.34. The lowest BCUT2D eigenvalue weighted by Gasteiger charge is -2.10. The number of nitrogens with zero attached hydrogens (tertiary/aromatic N) is 1. The Bertz CT molecular complexity index is 1170. The molecule has 0 aliphatic heterocycles. The molecule has 0 amide bonds. The van der Waals surface area contributed by atoms with Crippen LogP contribution in [0.4, 0.5) is 4.79 Å². The van der Waals surface area contributed by atoms with Gasteiger partial charge in [0.2, 0.25) is 5.88 Å². The van der Waals surface area contributed by atoms with Crippen LogP contribution in [0.25, 0.3) is 21.8 Å². The maximum absolute atomic E-state index is 11.8. The molecule has 2 heterocycles. The number of hydrogen-bond acceptors (Lipinski definition) is 6. The first kappa shape index (κ1) is 19.7. The first-order valence-corrected chi connectivity index (χ1v) is 9.63. The molecule has 0 aliphatic carbocycles. The monoisotopic (exact) mass is 406 g/mol. The van der Waals surface area contributed by atoms with Crippen LogP contribution in [0.2, 0.25) is 0 Å². The number of pyridine rings is 1. The predicted molar refractivity (Wildman–Crippen MR) is 113 cm³/mol. The van der Waals surface area contributed by atoms with Crippen molar-refractivity contribution in [1.82, 2.24) is 9.97 Å². The van der Waals surface area contributed by atoms with Crippen molar-refractivity contribution in [3.8, 4) is 11.6 Å². The van der Waals surface area contributed by atoms with Crippen molar-refractivity contribution < 1.29 is 23.7 Å². The van der Waals surface area contributed by atoms with Gasteiger partial charge in [-0.3, -0.25) is 0 Å². The zero-order chi connectivity index (χ0) is 20.9. The van der Waals surface area contributed by atoms with Crippen molar-refractivity contribution in [2.75, 3.05) is 13.7 Å². The molecule has 0 spiro atoms. The summed E-state index contributed by atoms with van der Waals surface area (Å²) in [5.41, 5.74) is 3.48. The third-order valence-electron chi connectivity index (χ3n) is 4.65. The lowest BCUT2D eigenvalue weighted by atomic mass is 10.1. The van der Waals surface area contributed by atoms with Gasteiger partial charge >= 0.3 is 6.16 Å². The second-order valence-electron chi connectivity index (χ2n) is 6.66. The maximum Gasteiger partial charge on any atom is 0.515 e. The number of ether oxygens (including phenoxy) is 4. The zero-order valence-electron chi connectivity index (χ0n) is 16.8. The van der Waals surface area contributed by atoms with Gasteiger partial charge in [-0.05, 0) is 30.7 Å². The summed E-state index contributed by atoms with van der Waals surface area (Å²) in [6, 6.07) is 15.8. The van der Waals surface area contributed by atoms with Crippen LogP contribution in [0, 0.1) is 0 Å². The molecule has 2 aromatic carbocycles. The Kier molecular flexibility index (Phi) is 5.81. The molecule has 4 aromatic rings. The van der Waals surface area contributed by atoms with Crippen molar-refractivity contribution in [1.29, 1.82) is 0 Å². The Balaban J connectivity index is 1.73. The first-order chi connectivity index (χ1) is 14.7. The SMILES string of the molecule is CCOC(=O)Oc1ncc2[nH]c3ccc(OCc4ccccc4)cc3c2c1COC. The molecule has 7 nitrogen and oxygen atoms in total. The second kappa shape index (κ2) is 8.84. The normalized spacial score (nSPS) is 11.0. The summed E-state index contributed by atoms with van der Waals surface area (Å²) < 4.78 is 21.5. The van der Waals surface area contributed by atoms with E-state index < -0.39 is 6.16 Å². The van der Waals surface area contributed by atoms with Gasteiger partial charge in [0.15, 0.2) is 0 Å². The van der Waals surface area contributed by atoms with Crippen molar-refractivity contribution in [3.05, 3.63) is 65.9 Å². The van der Waals surface area contributed by atoms with Gasteiger partial charge in [0.1, 0.15) is 12.4 Å². The van der Waals surface area contributed by atoms with Gasteiger partial charge in [0, 0.05) is 23.4 Å². The molecule has 1 N–H and O–H groups in total. The van der Waals surface area contributed by atoms with Crippen LogP contribution >= 0.6 is 0 Å². The minimum Gasteiger partial charge on any atom is -0.489 e. The number of aromatic nitrogens is 2. The number of carbonyl (C=O) groups is 1. The van der Waals surface area contributed by atoms with Gasteiger partial charge in [-0.2, -0.15) is 0 Å². The topological polar surface area (TPSA) is 82.7 Å². The van der Waals surface area contributed by atoms with E-state index in [-0.39, 0.29) is 19.1 Å². The molecule has 0 bridgehead atoms. The van der Waals surface area contributed by atoms with Crippen molar-refractivity contribution >= 4 is 28.0 Å². The average molecular weight is 406 g/mol. The smallest absolute Gasteiger partial charge is 0.489 e. The molecular weight excluding hydrogens is 384 g/mol. The Morgan fingerprint density at radius 3 is 2.67 bits per heavy atom. The lowest BCUT2D eigenvalue weighted by molar-refractivity contribution is 0.101. The first-order valence-electron chi connectivity index (χ1n) is 9.63. The number of benzene rings is 2. The molecule has 4 rings (SSSR count). The van der Waals surface area contributed by atoms with Crippen LogP contribution in [0.1, 0.15) is 18.1 Å². The predicted octanol–water partition coefficient (Wildman–Crippen LogP) is 4.98. The molecule has 7 heteroatoms. The largest absolute Gasteiger partial charge is 0.515 e. The van der Waals surface area contributed by atoms with Gasteiger partial charge in [-0.25, -0.2) is 9.78 Å². The average Bonchev–Trinajstić information content (AvgIpc) is 3.13. The van der Waals surface area contributed by atoms with Gasteiger partial charge in [0.25, 0.3) is 0 Å². The van der Waals surface area contributed by atoms with Crippen LogP contribution in [0.15, 0.2) is 54.7 Å². The van der Waals surface area contributed by atoms with Crippen LogP contribution in [0.3, 0.4) is 0 Å². The Morgan fingerprint density at radius 1 is 1.07 bits per heavy atom. The number of nitrogens with one attached hydrogen (secondary N) is 1. The molecular formula is C23H22N2O5. The van der Waals surface area contributed by atoms with E-state index in [0.29, 0.717) is 12.2 Å². The number of carbonyl (C=O) groups excluding carboxylic acids is 1. The van der Waals surface area contributed by atoms with Crippen LogP contribution in [-0.2, 0) is 22.7 Å². The van der Waals surface area contributed by atoms with Crippen molar-refractivity contribution in [2.24, 2.45) is 0 Å². The molecule has 0 saturated carbocycles. The number of rotatable bonds is 7. The Hall–Kier alpha value is -3.58. The molecule has 0 saturated heterocycles. The van der Waals surface area contributed by atoms with Gasteiger partial charge < -0.3 is 23.9 Å². The highest BCUT2D eigenvalue weighted by Gasteiger charge is 2.18. The highest BCUT2D eigenvalue weighted by atomic mass is 16.7. The number of fused-ring (bicyclic) bond motifs is 3. The second-order valence-corrected chi connectivity index (χ2v) is 6.66. The summed E-state index contributed by atoms with van der Waals surface area (Å²) in [4.78, 5) is 19.4. The standard InChI is InChI=1S/C23H22N2O5/c1-3-28-23(26)30-22-18(14-27-2)21-17-11-16(29-13-15-7-5-4-6-8-15)9-10-19(17)25-20(21)12-24-22/h4-12,25H,3,13-14H2,1-2H3. The summed E-state index contributed by atoms with van der Waals surface area (Å²) in [6.07, 6.45) is 0.835. The molecule has 154 valence electrons. The molecule has 2 aromatic heterocycles. The van der Waals surface area contributed by atoms with Crippen LogP contribution in [-0.4, -0.2) is 29.8 Å². The minimum atomic E-state index is -0.798. The fraction of sp³-hybridized carbons (Fsp3) is 0.217. The third kappa shape index (κ3) is 4.06. The maximum atomic E-state index is 11.8. The molecule has 0 atom stereocenters. The Labute approximate surface area is 173 Å². The van der Waals surface area contributed by atoms with E-state index in [1.807, 2.05) is 48.5 Å². The van der Waals surface area contributed by atoms with Gasteiger partial charge in [-0.15, -0.1) is 0 Å². The Morgan fingerprint density at radius 2 is 1.90 bits per heavy atom. The highest BCUT2D eigenvalue weighted by molar-refractivity contribution is 6.09. The summed E-state index contributed by atoms with van der Waals surface area (Å²) >= 11 is 0. The van der Waals surface area contributed by atoms with Crippen LogP contribution in [0.5, 0.6) is 11.6 Å². The number of H-pyrrole nitrogens is 1. The van der Waals surface area contributed by atoms with Crippen LogP contribution < -0.4 is 9.47 Å². The lowest BCUT2D eigenvalue weighted by Crippen LogP contribution is -2.12. The number of methoxy groups -OCH3 is 1. The molecule has 0 aliphatic rings. The summed E-state index contributed by atoms with van der Waals surface area (Å²) in [7, 11) is 1.58. The number of hydrogen-bond donors (Lipinski definition) is 1. The minimum absolute atomic E-state index is 0.166. The number of aromatic amines is 1. The zero-order valence-corrected chi connectivity index (χ0v) is 16.8. The van der Waals surface area contributed by atoms with E-state index in [1.165, 1.54) is 0 Å². The summed E-state index contributed by atoms with van der Waals surface area (Å²) in [5.74, 6) is 0.902. The van der Waals surface area contributed by atoms with E-state index in [9.17, 15) is 4.79 Å². The summed E-state index contributed by atoms with van der Waals surface area (Å²) in [6.45, 7) is 2.63. The fourth-order valence-corrected chi connectivity index (χ4v) is 3.34. The molecule has 0 fully saturated rings. The van der Waals surface area contributed by atoms with E-state index in [2.05, 4.69) is 9.97 Å². The van der Waals surface area contributed by atoms with Gasteiger partial charge in [0.05, 0.1) is 30.5 Å². The molecule has 0 radical (unpaired) electrons. The third-order valence-corrected chi connectivity index (χ3v) is 4.65. The van der Waals surface area contributed by atoms with Crippen molar-refractivity contribution in [3.63, 3.8) is 0 Å². The quantitative estimate of drug-likeness (QED) is 0.436. The highest BCUT2D eigenvalue weighted by Crippen LogP contribution is 2.35. The molecule has 0 unspecified atom stereocenters. The van der Waals surface area contributed by atoms with Gasteiger partial charge in [-0.1, -0.05) is 30.3 Å². The summed E-state index contributed by atoms with van der Waals surface area (Å²) in [5, 5.41) is 1.80.